The number of benzene rings is 1. The van der Waals surface area contributed by atoms with Gasteiger partial charge in [-0.2, -0.15) is 0 Å². The molecule has 0 radical (unpaired) electrons. The molecular formula is C25H43N5O2. The SMILES string of the molecule is CN=C(NCCCCCN1CCCCC1)NC1CCN(Cc2cc(OC)cc(OC)c2)C1. The molecule has 0 aliphatic carbocycles. The largest absolute Gasteiger partial charge is 0.497 e. The first kappa shape index (κ1) is 24.6. The van der Waals surface area contributed by atoms with Crippen LogP contribution in [0.15, 0.2) is 23.2 Å². The van der Waals surface area contributed by atoms with Gasteiger partial charge in [0.1, 0.15) is 11.5 Å². The maximum absolute atomic E-state index is 5.41. The van der Waals surface area contributed by atoms with Crippen LogP contribution in [0.4, 0.5) is 0 Å². The molecule has 3 rings (SSSR count). The van der Waals surface area contributed by atoms with Crippen molar-refractivity contribution in [1.82, 2.24) is 20.4 Å². The van der Waals surface area contributed by atoms with Crippen LogP contribution in [0.2, 0.25) is 0 Å². The first-order chi connectivity index (χ1) is 15.7. The average molecular weight is 446 g/mol. The van der Waals surface area contributed by atoms with E-state index in [2.05, 4.69) is 37.6 Å². The van der Waals surface area contributed by atoms with Crippen LogP contribution in [0.25, 0.3) is 0 Å². The molecule has 2 heterocycles. The summed E-state index contributed by atoms with van der Waals surface area (Å²) in [5.41, 5.74) is 1.22. The van der Waals surface area contributed by atoms with Crippen LogP contribution in [0.5, 0.6) is 11.5 Å². The molecule has 180 valence electrons. The molecule has 2 saturated heterocycles. The Labute approximate surface area is 194 Å². The highest BCUT2D eigenvalue weighted by Crippen LogP contribution is 2.24. The first-order valence-electron chi connectivity index (χ1n) is 12.3. The predicted molar refractivity (Wildman–Crippen MR) is 132 cm³/mol. The quantitative estimate of drug-likeness (QED) is 0.310. The minimum Gasteiger partial charge on any atom is -0.497 e. The Morgan fingerprint density at radius 1 is 0.969 bits per heavy atom. The Balaban J connectivity index is 1.32. The number of unbranched alkanes of at least 4 members (excludes halogenated alkanes) is 2. The number of methoxy groups -OCH3 is 2. The van der Waals surface area contributed by atoms with E-state index in [1.165, 1.54) is 63.7 Å². The van der Waals surface area contributed by atoms with E-state index in [4.69, 9.17) is 9.47 Å². The lowest BCUT2D eigenvalue weighted by atomic mass is 10.1. The van der Waals surface area contributed by atoms with E-state index in [9.17, 15) is 0 Å². The van der Waals surface area contributed by atoms with E-state index < -0.39 is 0 Å². The van der Waals surface area contributed by atoms with Gasteiger partial charge in [-0.1, -0.05) is 12.8 Å². The maximum atomic E-state index is 5.41. The minimum absolute atomic E-state index is 0.424. The van der Waals surface area contributed by atoms with Crippen molar-refractivity contribution in [3.05, 3.63) is 23.8 Å². The maximum Gasteiger partial charge on any atom is 0.191 e. The summed E-state index contributed by atoms with van der Waals surface area (Å²) >= 11 is 0. The van der Waals surface area contributed by atoms with E-state index in [1.54, 1.807) is 14.2 Å². The molecule has 2 aliphatic rings. The van der Waals surface area contributed by atoms with Crippen LogP contribution in [0.1, 0.15) is 50.5 Å². The monoisotopic (exact) mass is 445 g/mol. The van der Waals surface area contributed by atoms with Crippen molar-refractivity contribution < 1.29 is 9.47 Å². The van der Waals surface area contributed by atoms with Crippen molar-refractivity contribution in [2.24, 2.45) is 4.99 Å². The number of nitrogens with zero attached hydrogens (tertiary/aromatic N) is 3. The number of nitrogens with one attached hydrogen (secondary N) is 2. The average Bonchev–Trinajstić information content (AvgIpc) is 3.27. The summed E-state index contributed by atoms with van der Waals surface area (Å²) < 4.78 is 10.8. The van der Waals surface area contributed by atoms with E-state index in [-0.39, 0.29) is 0 Å². The zero-order valence-corrected chi connectivity index (χ0v) is 20.4. The van der Waals surface area contributed by atoms with Crippen LogP contribution < -0.4 is 20.1 Å². The summed E-state index contributed by atoms with van der Waals surface area (Å²) in [6, 6.07) is 6.53. The number of guanidine groups is 1. The third-order valence-corrected chi connectivity index (χ3v) is 6.55. The number of likely N-dealkylation sites (tertiary alicyclic amines) is 2. The van der Waals surface area contributed by atoms with Crippen molar-refractivity contribution in [2.75, 3.05) is 60.5 Å². The fraction of sp³-hybridized carbons (Fsp3) is 0.720. The molecule has 1 unspecified atom stereocenters. The summed E-state index contributed by atoms with van der Waals surface area (Å²) in [5, 5.41) is 7.11. The lowest BCUT2D eigenvalue weighted by Gasteiger charge is -2.26. The highest BCUT2D eigenvalue weighted by molar-refractivity contribution is 5.79. The van der Waals surface area contributed by atoms with Crippen molar-refractivity contribution in [3.63, 3.8) is 0 Å². The molecule has 2 fully saturated rings. The van der Waals surface area contributed by atoms with Gasteiger partial charge < -0.3 is 25.0 Å². The van der Waals surface area contributed by atoms with Crippen molar-refractivity contribution in [1.29, 1.82) is 0 Å². The van der Waals surface area contributed by atoms with E-state index in [0.717, 1.165) is 50.1 Å². The van der Waals surface area contributed by atoms with Gasteiger partial charge in [-0.25, -0.2) is 0 Å². The second-order valence-corrected chi connectivity index (χ2v) is 9.05. The minimum atomic E-state index is 0.424. The number of hydrogen-bond acceptors (Lipinski definition) is 5. The Kier molecular flexibility index (Phi) is 10.4. The highest BCUT2D eigenvalue weighted by Gasteiger charge is 2.23. The fourth-order valence-corrected chi connectivity index (χ4v) is 4.72. The molecule has 1 aromatic carbocycles. The predicted octanol–water partition coefficient (Wildman–Crippen LogP) is 3.10. The van der Waals surface area contributed by atoms with E-state index in [0.29, 0.717) is 6.04 Å². The molecule has 0 aromatic heterocycles. The molecule has 32 heavy (non-hydrogen) atoms. The smallest absolute Gasteiger partial charge is 0.191 e. The summed E-state index contributed by atoms with van der Waals surface area (Å²) in [4.78, 5) is 9.53. The van der Waals surface area contributed by atoms with Crippen molar-refractivity contribution in [3.8, 4) is 11.5 Å². The van der Waals surface area contributed by atoms with Gasteiger partial charge in [-0.3, -0.25) is 9.89 Å². The van der Waals surface area contributed by atoms with Gasteiger partial charge in [0, 0.05) is 45.3 Å². The van der Waals surface area contributed by atoms with Gasteiger partial charge in [0.05, 0.1) is 14.2 Å². The summed E-state index contributed by atoms with van der Waals surface area (Å²) in [5.74, 6) is 2.61. The molecule has 0 saturated carbocycles. The van der Waals surface area contributed by atoms with Gasteiger partial charge in [0.2, 0.25) is 0 Å². The normalized spacial score (nSPS) is 20.3. The molecule has 0 bridgehead atoms. The number of rotatable bonds is 11. The first-order valence-corrected chi connectivity index (χ1v) is 12.3. The summed E-state index contributed by atoms with van der Waals surface area (Å²) in [6.45, 7) is 7.84. The third kappa shape index (κ3) is 8.17. The molecule has 0 amide bonds. The van der Waals surface area contributed by atoms with E-state index >= 15 is 0 Å². The number of hydrogen-bond donors (Lipinski definition) is 2. The lowest BCUT2D eigenvalue weighted by Crippen LogP contribution is -2.44. The Hall–Kier alpha value is -1.99. The highest BCUT2D eigenvalue weighted by atomic mass is 16.5. The van der Waals surface area contributed by atoms with Crippen molar-refractivity contribution >= 4 is 5.96 Å². The molecule has 2 aliphatic heterocycles. The van der Waals surface area contributed by atoms with Gasteiger partial charge in [0.15, 0.2) is 5.96 Å². The van der Waals surface area contributed by atoms with Gasteiger partial charge >= 0.3 is 0 Å². The van der Waals surface area contributed by atoms with Crippen LogP contribution in [-0.4, -0.2) is 82.3 Å². The molecule has 7 heteroatoms. The third-order valence-electron chi connectivity index (χ3n) is 6.55. The van der Waals surface area contributed by atoms with Crippen molar-refractivity contribution in [2.45, 2.75) is 57.5 Å². The standard InChI is InChI=1S/C25H43N5O2/c1-26-25(27-11-6-4-7-12-29-13-8-5-9-14-29)28-22-10-15-30(20-22)19-21-16-23(31-2)18-24(17-21)32-3/h16-18,22H,4-15,19-20H2,1-3H3,(H2,26,27,28). The Morgan fingerprint density at radius 2 is 1.72 bits per heavy atom. The zero-order valence-electron chi connectivity index (χ0n) is 20.4. The van der Waals surface area contributed by atoms with Gasteiger partial charge in [-0.15, -0.1) is 0 Å². The van der Waals surface area contributed by atoms with Gasteiger partial charge in [-0.05, 0) is 69.4 Å². The van der Waals surface area contributed by atoms with E-state index in [1.807, 2.05) is 13.1 Å². The summed E-state index contributed by atoms with van der Waals surface area (Å²) in [7, 11) is 5.25. The topological polar surface area (TPSA) is 61.4 Å². The number of piperidine rings is 1. The second-order valence-electron chi connectivity index (χ2n) is 9.05. The molecule has 1 atom stereocenters. The van der Waals surface area contributed by atoms with Crippen LogP contribution >= 0.6 is 0 Å². The Bertz CT molecular complexity index is 683. The molecule has 1 aromatic rings. The molecule has 7 nitrogen and oxygen atoms in total. The van der Waals surface area contributed by atoms with Crippen LogP contribution in [0.3, 0.4) is 0 Å². The number of ether oxygens (including phenoxy) is 2. The number of aliphatic imine (C=N–C) groups is 1. The molecular weight excluding hydrogens is 402 g/mol. The lowest BCUT2D eigenvalue weighted by molar-refractivity contribution is 0.224. The second kappa shape index (κ2) is 13.5. The summed E-state index contributed by atoms with van der Waals surface area (Å²) in [6.07, 6.45) is 9.09. The zero-order chi connectivity index (χ0) is 22.6. The van der Waals surface area contributed by atoms with Crippen LogP contribution in [0, 0.1) is 0 Å². The van der Waals surface area contributed by atoms with Gasteiger partial charge in [0.25, 0.3) is 0 Å². The molecule has 2 N–H and O–H groups in total. The molecule has 0 spiro atoms. The Morgan fingerprint density at radius 3 is 2.41 bits per heavy atom. The van der Waals surface area contributed by atoms with Crippen LogP contribution in [-0.2, 0) is 6.54 Å². The fourth-order valence-electron chi connectivity index (χ4n) is 4.72.